The number of aromatic nitrogens is 2. The van der Waals surface area contributed by atoms with Gasteiger partial charge in [0.1, 0.15) is 11.9 Å². The SMILES string of the molecule is CCC(C(=O)NCCN1CCOCC1)n1c(Cc2cccc(Cl)c2)nc2cc(C)c(C)cc21. The van der Waals surface area contributed by atoms with E-state index in [4.69, 9.17) is 21.3 Å². The van der Waals surface area contributed by atoms with Crippen LogP contribution >= 0.6 is 11.6 Å². The van der Waals surface area contributed by atoms with Crippen LogP contribution in [0.15, 0.2) is 36.4 Å². The zero-order valence-electron chi connectivity index (χ0n) is 19.7. The zero-order valence-corrected chi connectivity index (χ0v) is 20.5. The average molecular weight is 469 g/mol. The van der Waals surface area contributed by atoms with Crippen molar-refractivity contribution in [2.24, 2.45) is 0 Å². The number of ether oxygens (including phenoxy) is 1. The third-order valence-electron chi connectivity index (χ3n) is 6.46. The highest BCUT2D eigenvalue weighted by molar-refractivity contribution is 6.30. The fourth-order valence-electron chi connectivity index (χ4n) is 4.47. The molecule has 1 N–H and O–H groups in total. The van der Waals surface area contributed by atoms with Gasteiger partial charge in [0.15, 0.2) is 0 Å². The van der Waals surface area contributed by atoms with E-state index in [1.807, 2.05) is 18.2 Å². The number of halogens is 1. The summed E-state index contributed by atoms with van der Waals surface area (Å²) in [6, 6.07) is 11.8. The number of fused-ring (bicyclic) bond motifs is 1. The van der Waals surface area contributed by atoms with E-state index in [1.54, 1.807) is 0 Å². The van der Waals surface area contributed by atoms with Crippen molar-refractivity contribution < 1.29 is 9.53 Å². The number of hydrogen-bond donors (Lipinski definition) is 1. The summed E-state index contributed by atoms with van der Waals surface area (Å²) in [6.45, 7) is 11.1. The van der Waals surface area contributed by atoms with Crippen molar-refractivity contribution in [3.63, 3.8) is 0 Å². The summed E-state index contributed by atoms with van der Waals surface area (Å²) in [5, 5.41) is 3.87. The predicted octanol–water partition coefficient (Wildman–Crippen LogP) is 4.30. The highest BCUT2D eigenvalue weighted by Crippen LogP contribution is 2.28. The summed E-state index contributed by atoms with van der Waals surface area (Å²) < 4.78 is 7.54. The molecule has 1 aliphatic rings. The number of amides is 1. The summed E-state index contributed by atoms with van der Waals surface area (Å²) in [6.07, 6.45) is 1.30. The van der Waals surface area contributed by atoms with Crippen LogP contribution in [0.4, 0.5) is 0 Å². The van der Waals surface area contributed by atoms with Crippen LogP contribution in [0.3, 0.4) is 0 Å². The summed E-state index contributed by atoms with van der Waals surface area (Å²) in [5.74, 6) is 0.920. The van der Waals surface area contributed by atoms with Crippen molar-refractivity contribution in [2.45, 2.75) is 39.7 Å². The highest BCUT2D eigenvalue weighted by Gasteiger charge is 2.25. The maximum Gasteiger partial charge on any atom is 0.243 e. The smallest absolute Gasteiger partial charge is 0.243 e. The maximum absolute atomic E-state index is 13.3. The van der Waals surface area contributed by atoms with Crippen LogP contribution in [-0.4, -0.2) is 59.8 Å². The molecule has 0 radical (unpaired) electrons. The second-order valence-electron chi connectivity index (χ2n) is 8.80. The fraction of sp³-hybridized carbons (Fsp3) is 0.462. The lowest BCUT2D eigenvalue weighted by molar-refractivity contribution is -0.124. The molecule has 7 heteroatoms. The van der Waals surface area contributed by atoms with E-state index in [0.29, 0.717) is 24.4 Å². The normalized spacial score (nSPS) is 15.6. The zero-order chi connectivity index (χ0) is 23.4. The fourth-order valence-corrected chi connectivity index (χ4v) is 4.68. The molecular formula is C26H33ClN4O2. The number of imidazole rings is 1. The average Bonchev–Trinajstić information content (AvgIpc) is 3.12. The van der Waals surface area contributed by atoms with E-state index in [2.05, 4.69) is 53.8 Å². The van der Waals surface area contributed by atoms with E-state index in [-0.39, 0.29) is 11.9 Å². The van der Waals surface area contributed by atoms with Crippen molar-refractivity contribution in [1.29, 1.82) is 0 Å². The first kappa shape index (κ1) is 23.7. The predicted molar refractivity (Wildman–Crippen MR) is 133 cm³/mol. The van der Waals surface area contributed by atoms with Gasteiger partial charge >= 0.3 is 0 Å². The van der Waals surface area contributed by atoms with E-state index in [0.717, 1.165) is 55.3 Å². The standard InChI is InChI=1S/C26H33ClN4O2/c1-4-23(26(32)28-8-9-30-10-12-33-13-11-30)31-24-15-19(3)18(2)14-22(24)29-25(31)17-20-6-5-7-21(27)16-20/h5-7,14-16,23H,4,8-13,17H2,1-3H3,(H,28,32). The lowest BCUT2D eigenvalue weighted by Crippen LogP contribution is -2.42. The van der Waals surface area contributed by atoms with Crippen molar-refractivity contribution >= 4 is 28.5 Å². The van der Waals surface area contributed by atoms with Crippen LogP contribution in [-0.2, 0) is 16.0 Å². The van der Waals surface area contributed by atoms with E-state index < -0.39 is 0 Å². The molecule has 0 saturated carbocycles. The summed E-state index contributed by atoms with van der Waals surface area (Å²) in [4.78, 5) is 20.6. The summed E-state index contributed by atoms with van der Waals surface area (Å²) in [7, 11) is 0. The Kier molecular flexibility index (Phi) is 7.68. The Morgan fingerprint density at radius 1 is 1.18 bits per heavy atom. The van der Waals surface area contributed by atoms with Gasteiger partial charge < -0.3 is 14.6 Å². The molecule has 1 unspecified atom stereocenters. The lowest BCUT2D eigenvalue weighted by atomic mass is 10.1. The molecule has 0 spiro atoms. The molecule has 0 bridgehead atoms. The van der Waals surface area contributed by atoms with Crippen molar-refractivity contribution in [3.8, 4) is 0 Å². The Hall–Kier alpha value is -2.41. The number of nitrogens with one attached hydrogen (secondary N) is 1. The van der Waals surface area contributed by atoms with Crippen LogP contribution < -0.4 is 5.32 Å². The first-order chi connectivity index (χ1) is 16.0. The van der Waals surface area contributed by atoms with Gasteiger partial charge in [0.2, 0.25) is 5.91 Å². The van der Waals surface area contributed by atoms with E-state index >= 15 is 0 Å². The molecular weight excluding hydrogens is 436 g/mol. The lowest BCUT2D eigenvalue weighted by Gasteiger charge is -2.27. The number of rotatable bonds is 8. The Morgan fingerprint density at radius 2 is 1.94 bits per heavy atom. The maximum atomic E-state index is 13.3. The monoisotopic (exact) mass is 468 g/mol. The van der Waals surface area contributed by atoms with Crippen LogP contribution in [0.2, 0.25) is 5.02 Å². The van der Waals surface area contributed by atoms with Crippen molar-refractivity contribution in [3.05, 3.63) is 63.9 Å². The molecule has 1 atom stereocenters. The van der Waals surface area contributed by atoms with Crippen LogP contribution in [0.1, 0.15) is 41.9 Å². The Bertz CT molecular complexity index is 1120. The van der Waals surface area contributed by atoms with Gasteiger partial charge in [0.05, 0.1) is 24.2 Å². The topological polar surface area (TPSA) is 59.4 Å². The number of carbonyl (C=O) groups excluding carboxylic acids is 1. The number of benzene rings is 2. The third-order valence-corrected chi connectivity index (χ3v) is 6.70. The molecule has 4 rings (SSSR count). The summed E-state index contributed by atoms with van der Waals surface area (Å²) in [5.41, 5.74) is 5.40. The van der Waals surface area contributed by atoms with Gasteiger partial charge in [-0.3, -0.25) is 9.69 Å². The number of morpholine rings is 1. The van der Waals surface area contributed by atoms with Gasteiger partial charge in [-0.15, -0.1) is 0 Å². The van der Waals surface area contributed by atoms with Crippen molar-refractivity contribution in [1.82, 2.24) is 19.8 Å². The molecule has 3 aromatic rings. The molecule has 2 heterocycles. The highest BCUT2D eigenvalue weighted by atomic mass is 35.5. The molecule has 33 heavy (non-hydrogen) atoms. The third kappa shape index (κ3) is 5.57. The molecule has 0 aliphatic carbocycles. The van der Waals surface area contributed by atoms with Gasteiger partial charge in [0.25, 0.3) is 0 Å². The minimum Gasteiger partial charge on any atom is -0.379 e. The molecule has 1 aliphatic heterocycles. The quantitative estimate of drug-likeness (QED) is 0.535. The van der Waals surface area contributed by atoms with Gasteiger partial charge in [-0.2, -0.15) is 0 Å². The molecule has 1 saturated heterocycles. The van der Waals surface area contributed by atoms with Gasteiger partial charge in [-0.1, -0.05) is 30.7 Å². The molecule has 1 fully saturated rings. The molecule has 1 aromatic heterocycles. The van der Waals surface area contributed by atoms with Gasteiger partial charge in [-0.05, 0) is 61.2 Å². The summed E-state index contributed by atoms with van der Waals surface area (Å²) >= 11 is 6.23. The minimum absolute atomic E-state index is 0.0376. The Morgan fingerprint density at radius 3 is 2.67 bits per heavy atom. The Balaban J connectivity index is 1.62. The van der Waals surface area contributed by atoms with Gasteiger partial charge in [-0.25, -0.2) is 4.98 Å². The van der Waals surface area contributed by atoms with Crippen LogP contribution in [0.25, 0.3) is 11.0 Å². The van der Waals surface area contributed by atoms with Crippen LogP contribution in [0.5, 0.6) is 0 Å². The second kappa shape index (κ2) is 10.7. The molecule has 6 nitrogen and oxygen atoms in total. The number of hydrogen-bond acceptors (Lipinski definition) is 4. The molecule has 2 aromatic carbocycles. The Labute approximate surface area is 200 Å². The number of carbonyl (C=O) groups is 1. The van der Waals surface area contributed by atoms with E-state index in [9.17, 15) is 4.79 Å². The minimum atomic E-state index is -0.323. The first-order valence-corrected chi connectivity index (χ1v) is 12.1. The molecule has 176 valence electrons. The molecule has 1 amide bonds. The second-order valence-corrected chi connectivity index (χ2v) is 9.24. The first-order valence-electron chi connectivity index (χ1n) is 11.8. The van der Waals surface area contributed by atoms with Gasteiger partial charge in [0, 0.05) is 37.6 Å². The largest absolute Gasteiger partial charge is 0.379 e. The number of nitrogens with zero attached hydrogens (tertiary/aromatic N) is 3. The van der Waals surface area contributed by atoms with E-state index in [1.165, 1.54) is 11.1 Å². The van der Waals surface area contributed by atoms with Crippen LogP contribution in [0, 0.1) is 13.8 Å². The number of aryl methyl sites for hydroxylation is 2. The van der Waals surface area contributed by atoms with Crippen molar-refractivity contribution in [2.75, 3.05) is 39.4 Å².